The number of carbonyl (C=O) groups is 2. The molecule has 0 aromatic heterocycles. The minimum absolute atomic E-state index is 0.0473. The second kappa shape index (κ2) is 7.07. The van der Waals surface area contributed by atoms with Crippen LogP contribution in [-0.2, 0) is 24.3 Å². The molecule has 1 fully saturated rings. The van der Waals surface area contributed by atoms with Gasteiger partial charge in [0.25, 0.3) is 0 Å². The number of nitrogens with zero attached hydrogens (tertiary/aromatic N) is 1. The maximum atomic E-state index is 12.2. The van der Waals surface area contributed by atoms with E-state index in [9.17, 15) is 18.0 Å². The van der Waals surface area contributed by atoms with Crippen LogP contribution in [0.2, 0.25) is 0 Å². The number of anilines is 1. The van der Waals surface area contributed by atoms with Crippen LogP contribution in [0.1, 0.15) is 6.92 Å². The highest BCUT2D eigenvalue weighted by Gasteiger charge is 2.25. The van der Waals surface area contributed by atoms with Crippen LogP contribution >= 0.6 is 0 Å². The third-order valence-electron chi connectivity index (χ3n) is 3.33. The summed E-state index contributed by atoms with van der Waals surface area (Å²) >= 11 is 0. The molecule has 23 heavy (non-hydrogen) atoms. The highest BCUT2D eigenvalue weighted by molar-refractivity contribution is 7.89. The van der Waals surface area contributed by atoms with Gasteiger partial charge < -0.3 is 15.0 Å². The van der Waals surface area contributed by atoms with E-state index in [-0.39, 0.29) is 36.0 Å². The number of hydrogen-bond acceptors (Lipinski definition) is 5. The van der Waals surface area contributed by atoms with Crippen LogP contribution in [-0.4, -0.2) is 58.0 Å². The van der Waals surface area contributed by atoms with E-state index in [1.165, 1.54) is 36.1 Å². The first-order chi connectivity index (χ1) is 10.8. The zero-order chi connectivity index (χ0) is 17.0. The number of carbonyl (C=O) groups excluding carboxylic acids is 2. The Kier molecular flexibility index (Phi) is 5.34. The smallest absolute Gasteiger partial charge is 0.248 e. The van der Waals surface area contributed by atoms with Crippen molar-refractivity contribution in [1.29, 1.82) is 0 Å². The van der Waals surface area contributed by atoms with Crippen molar-refractivity contribution in [2.75, 3.05) is 32.1 Å². The summed E-state index contributed by atoms with van der Waals surface area (Å²) in [6, 6.07) is 5.84. The van der Waals surface area contributed by atoms with E-state index >= 15 is 0 Å². The van der Waals surface area contributed by atoms with Crippen molar-refractivity contribution in [3.05, 3.63) is 24.3 Å². The quantitative estimate of drug-likeness (QED) is 0.770. The highest BCUT2D eigenvalue weighted by Crippen LogP contribution is 2.14. The Labute approximate surface area is 134 Å². The Morgan fingerprint density at radius 2 is 2.00 bits per heavy atom. The Bertz CT molecular complexity index is 687. The standard InChI is InChI=1S/C14H19N3O5S/c1-10(18)16-11-3-5-13(6-4-11)23(20,21)15-7-12-8-17(2)14(19)9-22-12/h3-6,12,15H,7-9H2,1-2H3,(H,16,18). The van der Waals surface area contributed by atoms with Gasteiger partial charge in [0.15, 0.2) is 0 Å². The fourth-order valence-electron chi connectivity index (χ4n) is 2.09. The predicted octanol–water partition coefficient (Wildman–Crippen LogP) is -0.219. The molecule has 2 amide bonds. The molecule has 1 saturated heterocycles. The second-order valence-electron chi connectivity index (χ2n) is 5.26. The molecular formula is C14H19N3O5S. The lowest BCUT2D eigenvalue weighted by molar-refractivity contribution is -0.146. The van der Waals surface area contributed by atoms with Gasteiger partial charge in [-0.05, 0) is 24.3 Å². The number of hydrogen-bond donors (Lipinski definition) is 2. The van der Waals surface area contributed by atoms with E-state index in [2.05, 4.69) is 10.0 Å². The topological polar surface area (TPSA) is 105 Å². The molecule has 1 aliphatic heterocycles. The molecule has 2 N–H and O–H groups in total. The number of nitrogens with one attached hydrogen (secondary N) is 2. The predicted molar refractivity (Wildman–Crippen MR) is 83.3 cm³/mol. The number of ether oxygens (including phenoxy) is 1. The van der Waals surface area contributed by atoms with Crippen LogP contribution in [0.3, 0.4) is 0 Å². The summed E-state index contributed by atoms with van der Waals surface area (Å²) in [5.41, 5.74) is 0.521. The van der Waals surface area contributed by atoms with Crippen LogP contribution < -0.4 is 10.0 Å². The van der Waals surface area contributed by atoms with Gasteiger partial charge in [0, 0.05) is 32.7 Å². The average molecular weight is 341 g/mol. The zero-order valence-electron chi connectivity index (χ0n) is 12.9. The Balaban J connectivity index is 1.96. The van der Waals surface area contributed by atoms with Crippen LogP contribution in [0, 0.1) is 0 Å². The van der Waals surface area contributed by atoms with E-state index in [0.717, 1.165) is 0 Å². The van der Waals surface area contributed by atoms with Gasteiger partial charge >= 0.3 is 0 Å². The average Bonchev–Trinajstić information content (AvgIpc) is 2.48. The summed E-state index contributed by atoms with van der Waals surface area (Å²) in [7, 11) is -2.04. The number of amides is 2. The summed E-state index contributed by atoms with van der Waals surface area (Å²) < 4.78 is 32.2. The lowest BCUT2D eigenvalue weighted by atomic mass is 10.3. The van der Waals surface area contributed by atoms with Gasteiger partial charge in [-0.25, -0.2) is 13.1 Å². The molecule has 126 valence electrons. The Hall–Kier alpha value is -1.97. The van der Waals surface area contributed by atoms with Crippen LogP contribution in [0.25, 0.3) is 0 Å². The third-order valence-corrected chi connectivity index (χ3v) is 4.77. The summed E-state index contributed by atoms with van der Waals surface area (Å²) in [4.78, 5) is 23.8. The lowest BCUT2D eigenvalue weighted by Crippen LogP contribution is -2.48. The number of sulfonamides is 1. The van der Waals surface area contributed by atoms with Crippen molar-refractivity contribution >= 4 is 27.5 Å². The van der Waals surface area contributed by atoms with Gasteiger partial charge in [-0.1, -0.05) is 0 Å². The van der Waals surface area contributed by atoms with Gasteiger partial charge in [-0.3, -0.25) is 9.59 Å². The first kappa shape index (κ1) is 17.4. The first-order valence-corrected chi connectivity index (χ1v) is 8.49. The number of rotatable bonds is 5. The van der Waals surface area contributed by atoms with E-state index in [1.54, 1.807) is 7.05 Å². The molecule has 0 aliphatic carbocycles. The van der Waals surface area contributed by atoms with Crippen molar-refractivity contribution in [2.24, 2.45) is 0 Å². The molecule has 1 aliphatic rings. The van der Waals surface area contributed by atoms with Gasteiger partial charge in [-0.2, -0.15) is 0 Å². The fraction of sp³-hybridized carbons (Fsp3) is 0.429. The molecule has 0 spiro atoms. The zero-order valence-corrected chi connectivity index (χ0v) is 13.7. The number of benzene rings is 1. The minimum Gasteiger partial charge on any atom is -0.365 e. The molecular weight excluding hydrogens is 322 g/mol. The van der Waals surface area contributed by atoms with E-state index < -0.39 is 10.0 Å². The summed E-state index contributed by atoms with van der Waals surface area (Å²) in [5, 5.41) is 2.56. The van der Waals surface area contributed by atoms with Gasteiger partial charge in [-0.15, -0.1) is 0 Å². The molecule has 0 bridgehead atoms. The summed E-state index contributed by atoms with van der Waals surface area (Å²) in [6.07, 6.45) is -0.383. The minimum atomic E-state index is -3.68. The molecule has 2 rings (SSSR count). The third kappa shape index (κ3) is 4.75. The lowest BCUT2D eigenvalue weighted by Gasteiger charge is -2.29. The number of morpholine rings is 1. The monoisotopic (exact) mass is 341 g/mol. The number of likely N-dealkylation sites (N-methyl/N-ethyl adjacent to an activating group) is 1. The van der Waals surface area contributed by atoms with Crippen LogP contribution in [0.15, 0.2) is 29.2 Å². The van der Waals surface area contributed by atoms with Gasteiger partial charge in [0.05, 0.1) is 11.0 Å². The summed E-state index contributed by atoms with van der Waals surface area (Å²) in [5.74, 6) is -0.357. The first-order valence-electron chi connectivity index (χ1n) is 7.01. The summed E-state index contributed by atoms with van der Waals surface area (Å²) in [6.45, 7) is 1.74. The van der Waals surface area contributed by atoms with Crippen molar-refractivity contribution in [1.82, 2.24) is 9.62 Å². The molecule has 9 heteroatoms. The second-order valence-corrected chi connectivity index (χ2v) is 7.03. The molecule has 8 nitrogen and oxygen atoms in total. The van der Waals surface area contributed by atoms with Crippen molar-refractivity contribution in [3.8, 4) is 0 Å². The normalized spacial score (nSPS) is 18.8. The van der Waals surface area contributed by atoms with Crippen molar-refractivity contribution in [2.45, 2.75) is 17.9 Å². The molecule has 0 radical (unpaired) electrons. The molecule has 0 saturated carbocycles. The maximum Gasteiger partial charge on any atom is 0.248 e. The maximum absolute atomic E-state index is 12.2. The van der Waals surface area contributed by atoms with Crippen molar-refractivity contribution < 1.29 is 22.7 Å². The van der Waals surface area contributed by atoms with Gasteiger partial charge in [0.2, 0.25) is 21.8 Å². The van der Waals surface area contributed by atoms with E-state index in [0.29, 0.717) is 12.2 Å². The molecule has 1 heterocycles. The van der Waals surface area contributed by atoms with E-state index in [4.69, 9.17) is 4.74 Å². The fourth-order valence-corrected chi connectivity index (χ4v) is 3.16. The van der Waals surface area contributed by atoms with Crippen LogP contribution in [0.4, 0.5) is 5.69 Å². The Morgan fingerprint density at radius 3 is 2.57 bits per heavy atom. The van der Waals surface area contributed by atoms with Gasteiger partial charge in [0.1, 0.15) is 6.61 Å². The molecule has 1 unspecified atom stereocenters. The molecule has 1 aromatic carbocycles. The molecule has 1 aromatic rings. The van der Waals surface area contributed by atoms with E-state index in [1.807, 2.05) is 0 Å². The largest absolute Gasteiger partial charge is 0.365 e. The Morgan fingerprint density at radius 1 is 1.35 bits per heavy atom. The molecule has 1 atom stereocenters. The van der Waals surface area contributed by atoms with Crippen LogP contribution in [0.5, 0.6) is 0 Å². The highest BCUT2D eigenvalue weighted by atomic mass is 32.2. The SMILES string of the molecule is CC(=O)Nc1ccc(S(=O)(=O)NCC2CN(C)C(=O)CO2)cc1. The van der Waals surface area contributed by atoms with Crippen molar-refractivity contribution in [3.63, 3.8) is 0 Å².